The molecule has 0 saturated carbocycles. The smallest absolute Gasteiger partial charge is 0.415 e. The summed E-state index contributed by atoms with van der Waals surface area (Å²) in [5, 5.41) is 7.73. The number of halogens is 1. The summed E-state index contributed by atoms with van der Waals surface area (Å²) in [6.07, 6.45) is 1.23. The molecular weight excluding hydrogens is 728 g/mol. The van der Waals surface area contributed by atoms with Crippen LogP contribution in [0.3, 0.4) is 0 Å². The first kappa shape index (κ1) is 36.8. The number of ether oxygens (including phenoxy) is 2. The Kier molecular flexibility index (Phi) is 10.0. The number of nitrogens with zero attached hydrogens (tertiary/aromatic N) is 3. The van der Waals surface area contributed by atoms with Crippen molar-refractivity contribution in [3.63, 3.8) is 0 Å². The van der Waals surface area contributed by atoms with E-state index in [1.165, 1.54) is 17.7 Å². The number of aryl methyl sites for hydroxylation is 1. The highest BCUT2D eigenvalue weighted by Crippen LogP contribution is 2.45. The van der Waals surface area contributed by atoms with Crippen LogP contribution >= 0.6 is 22.9 Å². The maximum Gasteiger partial charge on any atom is 0.415 e. The van der Waals surface area contributed by atoms with Crippen molar-refractivity contribution in [2.75, 3.05) is 49.3 Å². The summed E-state index contributed by atoms with van der Waals surface area (Å²) in [5.41, 5.74) is 5.33. The number of fused-ring (bicyclic) bond motifs is 5. The molecular formula is C40H41ClN6O6S. The van der Waals surface area contributed by atoms with E-state index in [0.717, 1.165) is 43.0 Å². The zero-order valence-corrected chi connectivity index (χ0v) is 32.2. The van der Waals surface area contributed by atoms with E-state index in [9.17, 15) is 19.2 Å². The van der Waals surface area contributed by atoms with Crippen LogP contribution in [0.4, 0.5) is 21.0 Å². The number of piperazine rings is 1. The second kappa shape index (κ2) is 14.7. The van der Waals surface area contributed by atoms with Crippen molar-refractivity contribution in [1.82, 2.24) is 19.8 Å². The van der Waals surface area contributed by atoms with Crippen molar-refractivity contribution >= 4 is 90.2 Å². The highest BCUT2D eigenvalue weighted by Gasteiger charge is 2.33. The molecule has 3 aromatic heterocycles. The molecule has 1 saturated heterocycles. The van der Waals surface area contributed by atoms with Gasteiger partial charge in [0.15, 0.2) is 5.75 Å². The van der Waals surface area contributed by atoms with Crippen LogP contribution in [0.2, 0.25) is 0 Å². The minimum absolute atomic E-state index is 0.207. The van der Waals surface area contributed by atoms with Gasteiger partial charge in [0.25, 0.3) is 11.8 Å². The molecule has 8 rings (SSSR count). The van der Waals surface area contributed by atoms with Gasteiger partial charge in [0.2, 0.25) is 0 Å². The number of carbonyl (C=O) groups excluding carboxylic acids is 4. The van der Waals surface area contributed by atoms with Gasteiger partial charge in [0.05, 0.1) is 10.4 Å². The Bertz CT molecular complexity index is 2390. The molecule has 14 heteroatoms. The molecule has 0 unspecified atom stereocenters. The summed E-state index contributed by atoms with van der Waals surface area (Å²) in [5.74, 6) is -0.0647. The highest BCUT2D eigenvalue weighted by atomic mass is 35.5. The maximum absolute atomic E-state index is 14.1. The van der Waals surface area contributed by atoms with Crippen molar-refractivity contribution in [3.05, 3.63) is 88.6 Å². The van der Waals surface area contributed by atoms with Crippen LogP contribution in [-0.4, -0.2) is 88.5 Å². The summed E-state index contributed by atoms with van der Waals surface area (Å²) in [6, 6.07) is 18.6. The number of hydrogen-bond donors (Lipinski definition) is 3. The molecule has 0 radical (unpaired) electrons. The van der Waals surface area contributed by atoms with Crippen LogP contribution in [0.1, 0.15) is 52.9 Å². The van der Waals surface area contributed by atoms with E-state index in [1.807, 2.05) is 75.5 Å². The first-order valence-corrected chi connectivity index (χ1v) is 19.3. The number of rotatable bonds is 4. The number of anilines is 2. The van der Waals surface area contributed by atoms with E-state index in [0.29, 0.717) is 67.7 Å². The first-order chi connectivity index (χ1) is 25.9. The molecule has 4 amide bonds. The SMILES string of the molecule is CCl.Cc1csc2c(OC(=O)N3CCN(C(=O)OC(C)(C)C)CC3)cc3c(c12)CCN3C(=O)c1cc2cc(NC(=O)c3cc4ccccc4[nH]3)ccc2[nH]1. The Balaban J connectivity index is 0.00000221. The van der Waals surface area contributed by atoms with Crippen LogP contribution in [-0.2, 0) is 11.2 Å². The number of para-hydroxylation sites is 1. The van der Waals surface area contributed by atoms with Crippen molar-refractivity contribution in [3.8, 4) is 5.75 Å². The summed E-state index contributed by atoms with van der Waals surface area (Å²) >= 11 is 6.15. The van der Waals surface area contributed by atoms with Crippen LogP contribution < -0.4 is 15.0 Å². The molecule has 2 aliphatic heterocycles. The van der Waals surface area contributed by atoms with Crippen LogP contribution in [0.25, 0.3) is 31.9 Å². The molecule has 5 heterocycles. The van der Waals surface area contributed by atoms with E-state index in [4.69, 9.17) is 9.47 Å². The second-order valence-electron chi connectivity index (χ2n) is 14.2. The minimum atomic E-state index is -0.601. The Morgan fingerprint density at radius 3 is 2.20 bits per heavy atom. The zero-order valence-electron chi connectivity index (χ0n) is 30.7. The number of carbonyl (C=O) groups is 4. The Morgan fingerprint density at radius 1 is 0.815 bits per heavy atom. The molecule has 3 aromatic carbocycles. The molecule has 1 fully saturated rings. The lowest BCUT2D eigenvalue weighted by Gasteiger charge is -2.35. The van der Waals surface area contributed by atoms with E-state index in [1.54, 1.807) is 32.9 Å². The van der Waals surface area contributed by atoms with E-state index < -0.39 is 17.8 Å². The van der Waals surface area contributed by atoms with E-state index >= 15 is 0 Å². The number of hydrogen-bond acceptors (Lipinski definition) is 7. The van der Waals surface area contributed by atoms with E-state index in [2.05, 4.69) is 26.9 Å². The van der Waals surface area contributed by atoms with E-state index in [-0.39, 0.29) is 11.8 Å². The summed E-state index contributed by atoms with van der Waals surface area (Å²) < 4.78 is 12.4. The Hall–Kier alpha value is -5.53. The molecule has 3 N–H and O–H groups in total. The van der Waals surface area contributed by atoms with Crippen LogP contribution in [0.15, 0.2) is 66.0 Å². The molecule has 6 aromatic rings. The minimum Gasteiger partial charge on any atom is -0.444 e. The number of alkyl halides is 1. The lowest BCUT2D eigenvalue weighted by Crippen LogP contribution is -2.52. The molecule has 0 spiro atoms. The summed E-state index contributed by atoms with van der Waals surface area (Å²) in [7, 11) is 0. The van der Waals surface area contributed by atoms with Gasteiger partial charge in [0, 0.05) is 78.1 Å². The van der Waals surface area contributed by atoms with Gasteiger partial charge < -0.3 is 39.5 Å². The molecule has 12 nitrogen and oxygen atoms in total. The molecule has 54 heavy (non-hydrogen) atoms. The van der Waals surface area contributed by atoms with Crippen molar-refractivity contribution in [2.24, 2.45) is 0 Å². The monoisotopic (exact) mass is 768 g/mol. The average Bonchev–Trinajstić information content (AvgIpc) is 3.96. The molecule has 0 aliphatic carbocycles. The van der Waals surface area contributed by atoms with Crippen molar-refractivity contribution in [1.29, 1.82) is 0 Å². The van der Waals surface area contributed by atoms with Gasteiger partial charge in [0.1, 0.15) is 17.0 Å². The Morgan fingerprint density at radius 2 is 1.48 bits per heavy atom. The van der Waals surface area contributed by atoms with Crippen molar-refractivity contribution in [2.45, 2.75) is 39.7 Å². The molecule has 0 atom stereocenters. The number of thiophene rings is 1. The molecule has 280 valence electrons. The summed E-state index contributed by atoms with van der Waals surface area (Å²) in [4.78, 5) is 64.4. The quantitative estimate of drug-likeness (QED) is 0.154. The van der Waals surface area contributed by atoms with Gasteiger partial charge in [-0.3, -0.25) is 9.59 Å². The normalized spacial score (nSPS) is 14.2. The fraction of sp³-hybridized carbons (Fsp3) is 0.300. The predicted molar refractivity (Wildman–Crippen MR) is 214 cm³/mol. The maximum atomic E-state index is 14.1. The van der Waals surface area contributed by atoms with Gasteiger partial charge in [-0.05, 0) is 87.0 Å². The zero-order chi connectivity index (χ0) is 38.3. The number of nitrogens with one attached hydrogen (secondary N) is 3. The number of benzene rings is 3. The lowest BCUT2D eigenvalue weighted by molar-refractivity contribution is 0.0154. The van der Waals surface area contributed by atoms with Crippen molar-refractivity contribution < 1.29 is 28.7 Å². The topological polar surface area (TPSA) is 140 Å². The number of aromatic nitrogens is 2. The van der Waals surface area contributed by atoms with Crippen LogP contribution in [0.5, 0.6) is 5.75 Å². The Labute approximate surface area is 320 Å². The number of amides is 4. The predicted octanol–water partition coefficient (Wildman–Crippen LogP) is 8.53. The number of aromatic amines is 2. The molecule has 2 aliphatic rings. The van der Waals surface area contributed by atoms with Gasteiger partial charge in [-0.2, -0.15) is 0 Å². The van der Waals surface area contributed by atoms with Crippen LogP contribution in [0, 0.1) is 6.92 Å². The third kappa shape index (κ3) is 7.21. The fourth-order valence-electron chi connectivity index (χ4n) is 6.95. The van der Waals surface area contributed by atoms with Gasteiger partial charge in [-0.25, -0.2) is 9.59 Å². The third-order valence-electron chi connectivity index (χ3n) is 9.47. The van der Waals surface area contributed by atoms with Gasteiger partial charge >= 0.3 is 12.2 Å². The average molecular weight is 769 g/mol. The first-order valence-electron chi connectivity index (χ1n) is 17.6. The highest BCUT2D eigenvalue weighted by molar-refractivity contribution is 7.17. The lowest BCUT2D eigenvalue weighted by atomic mass is 10.0. The van der Waals surface area contributed by atoms with Gasteiger partial charge in [-0.15, -0.1) is 22.9 Å². The molecule has 0 bridgehead atoms. The summed E-state index contributed by atoms with van der Waals surface area (Å²) in [6.45, 7) is 9.28. The van der Waals surface area contributed by atoms with Gasteiger partial charge in [-0.1, -0.05) is 18.2 Å². The largest absolute Gasteiger partial charge is 0.444 e. The standard InChI is InChI=1S/C39H38N6O6S.CH3Cl/c1-22-21-52-34-32(50-37(48)43-13-15-44(16-14-43)38(49)51-39(2,3)4)20-31-26(33(22)34)11-12-45(31)36(47)30-19-24-17-25(9-10-28(24)42-30)40-35(46)29-18-23-7-5-6-8-27(23)41-29;1-2/h5-10,17-21,41-42H,11-16H2,1-4H3,(H,40,46);1H3. The third-order valence-corrected chi connectivity index (χ3v) is 10.6. The number of H-pyrrole nitrogens is 2. The second-order valence-corrected chi connectivity index (χ2v) is 15.1. The fourth-order valence-corrected chi connectivity index (χ4v) is 7.98.